The zero-order chi connectivity index (χ0) is 15.2. The van der Waals surface area contributed by atoms with Crippen LogP contribution >= 0.6 is 0 Å². The highest BCUT2D eigenvalue weighted by Crippen LogP contribution is 2.15. The molecule has 0 radical (unpaired) electrons. The van der Waals surface area contributed by atoms with Gasteiger partial charge in [0.25, 0.3) is 5.91 Å². The lowest BCUT2D eigenvalue weighted by Crippen LogP contribution is -2.24. The summed E-state index contributed by atoms with van der Waals surface area (Å²) in [4.78, 5) is 16.2. The van der Waals surface area contributed by atoms with E-state index >= 15 is 0 Å². The number of anilines is 1. The van der Waals surface area contributed by atoms with Crippen molar-refractivity contribution < 1.29 is 9.32 Å². The van der Waals surface area contributed by atoms with Crippen molar-refractivity contribution in [2.45, 2.75) is 33.7 Å². The quantitative estimate of drug-likeness (QED) is 0.853. The van der Waals surface area contributed by atoms with Gasteiger partial charge in [0.15, 0.2) is 5.82 Å². The Bertz CT molecular complexity index is 622. The van der Waals surface area contributed by atoms with Crippen molar-refractivity contribution in [3.63, 3.8) is 0 Å². The summed E-state index contributed by atoms with van der Waals surface area (Å²) in [6.45, 7) is 6.92. The second kappa shape index (κ2) is 6.88. The van der Waals surface area contributed by atoms with Gasteiger partial charge in [-0.25, -0.2) is 0 Å². The predicted molar refractivity (Wildman–Crippen MR) is 80.2 cm³/mol. The van der Waals surface area contributed by atoms with E-state index in [4.69, 9.17) is 4.52 Å². The first-order chi connectivity index (χ1) is 10.1. The molecule has 1 aromatic heterocycles. The Balaban J connectivity index is 1.98. The molecule has 6 nitrogen and oxygen atoms in total. The minimum Gasteiger partial charge on any atom is -0.385 e. The van der Waals surface area contributed by atoms with Crippen LogP contribution in [0.15, 0.2) is 22.7 Å². The molecule has 112 valence electrons. The van der Waals surface area contributed by atoms with Crippen molar-refractivity contribution in [3.05, 3.63) is 41.0 Å². The van der Waals surface area contributed by atoms with Crippen molar-refractivity contribution in [2.75, 3.05) is 11.9 Å². The van der Waals surface area contributed by atoms with Crippen LogP contribution in [0.3, 0.4) is 0 Å². The van der Waals surface area contributed by atoms with Crippen molar-refractivity contribution >= 4 is 11.6 Å². The van der Waals surface area contributed by atoms with E-state index in [1.54, 1.807) is 6.92 Å². The number of aryl methyl sites for hydroxylation is 2. The summed E-state index contributed by atoms with van der Waals surface area (Å²) in [5, 5.41) is 9.83. The van der Waals surface area contributed by atoms with Crippen LogP contribution < -0.4 is 10.6 Å². The topological polar surface area (TPSA) is 80.0 Å². The Morgan fingerprint density at radius 2 is 2.14 bits per heavy atom. The monoisotopic (exact) mass is 288 g/mol. The molecular weight excluding hydrogens is 268 g/mol. The van der Waals surface area contributed by atoms with Crippen LogP contribution in [0.25, 0.3) is 0 Å². The SMILES string of the molecule is CCCNc1ccc(C(=O)NCc2noc(C)n2)c(C)c1. The average Bonchev–Trinajstić information content (AvgIpc) is 2.88. The molecule has 21 heavy (non-hydrogen) atoms. The minimum absolute atomic E-state index is 0.142. The van der Waals surface area contributed by atoms with Crippen LogP contribution in [-0.2, 0) is 6.54 Å². The molecule has 2 N–H and O–H groups in total. The predicted octanol–water partition coefficient (Wildman–Crippen LogP) is 2.44. The summed E-state index contributed by atoms with van der Waals surface area (Å²) in [6.07, 6.45) is 1.06. The molecule has 1 aromatic carbocycles. The maximum absolute atomic E-state index is 12.2. The lowest BCUT2D eigenvalue weighted by atomic mass is 10.1. The third-order valence-electron chi connectivity index (χ3n) is 3.03. The Kier molecular flexibility index (Phi) is 4.92. The van der Waals surface area contributed by atoms with Crippen LogP contribution in [0.5, 0.6) is 0 Å². The molecule has 6 heteroatoms. The third-order valence-corrected chi connectivity index (χ3v) is 3.03. The van der Waals surface area contributed by atoms with Crippen molar-refractivity contribution in [2.24, 2.45) is 0 Å². The normalized spacial score (nSPS) is 10.4. The fourth-order valence-corrected chi connectivity index (χ4v) is 1.97. The smallest absolute Gasteiger partial charge is 0.251 e. The molecule has 1 amide bonds. The summed E-state index contributed by atoms with van der Waals surface area (Å²) in [5.74, 6) is 0.818. The molecule has 0 atom stereocenters. The molecule has 0 aliphatic heterocycles. The number of nitrogens with one attached hydrogen (secondary N) is 2. The molecule has 0 aliphatic carbocycles. The van der Waals surface area contributed by atoms with Gasteiger partial charge >= 0.3 is 0 Å². The number of carbonyl (C=O) groups is 1. The van der Waals surface area contributed by atoms with Gasteiger partial charge in [0.1, 0.15) is 0 Å². The molecule has 0 spiro atoms. The third kappa shape index (κ3) is 4.05. The molecule has 0 bridgehead atoms. The van der Waals surface area contributed by atoms with Crippen molar-refractivity contribution in [1.82, 2.24) is 15.5 Å². The summed E-state index contributed by atoms with van der Waals surface area (Å²) in [5.41, 5.74) is 2.61. The van der Waals surface area contributed by atoms with Gasteiger partial charge in [-0.15, -0.1) is 0 Å². The number of carbonyl (C=O) groups excluding carboxylic acids is 1. The number of benzene rings is 1. The lowest BCUT2D eigenvalue weighted by Gasteiger charge is -2.10. The highest BCUT2D eigenvalue weighted by molar-refractivity contribution is 5.95. The van der Waals surface area contributed by atoms with Crippen LogP contribution in [0, 0.1) is 13.8 Å². The van der Waals surface area contributed by atoms with E-state index in [0.29, 0.717) is 17.3 Å². The van der Waals surface area contributed by atoms with Crippen LogP contribution in [0.1, 0.15) is 41.0 Å². The maximum atomic E-state index is 12.2. The molecule has 1 heterocycles. The summed E-state index contributed by atoms with van der Waals surface area (Å²) >= 11 is 0. The van der Waals surface area contributed by atoms with Gasteiger partial charge in [0.05, 0.1) is 6.54 Å². The largest absolute Gasteiger partial charge is 0.385 e. The van der Waals surface area contributed by atoms with Gasteiger partial charge in [-0.05, 0) is 37.1 Å². The van der Waals surface area contributed by atoms with Gasteiger partial charge in [-0.3, -0.25) is 4.79 Å². The first kappa shape index (κ1) is 15.0. The van der Waals surface area contributed by atoms with E-state index in [1.165, 1.54) is 0 Å². The van der Waals surface area contributed by atoms with E-state index in [0.717, 1.165) is 24.2 Å². The number of hydrogen-bond donors (Lipinski definition) is 2. The number of aromatic nitrogens is 2. The summed E-state index contributed by atoms with van der Waals surface area (Å²) < 4.78 is 4.86. The standard InChI is InChI=1S/C15H20N4O2/c1-4-7-16-12-5-6-13(10(2)8-12)15(20)17-9-14-18-11(3)21-19-14/h5-6,8,16H,4,7,9H2,1-3H3,(H,17,20). The first-order valence-electron chi connectivity index (χ1n) is 7.02. The molecule has 0 unspecified atom stereocenters. The van der Waals surface area contributed by atoms with Gasteiger partial charge in [0, 0.05) is 24.7 Å². The Morgan fingerprint density at radius 3 is 2.76 bits per heavy atom. The van der Waals surface area contributed by atoms with Gasteiger partial charge in [-0.1, -0.05) is 12.1 Å². The second-order valence-electron chi connectivity index (χ2n) is 4.87. The first-order valence-corrected chi connectivity index (χ1v) is 7.02. The molecule has 2 aromatic rings. The maximum Gasteiger partial charge on any atom is 0.251 e. The second-order valence-corrected chi connectivity index (χ2v) is 4.87. The van der Waals surface area contributed by atoms with E-state index in [1.807, 2.05) is 25.1 Å². The zero-order valence-corrected chi connectivity index (χ0v) is 12.6. The number of rotatable bonds is 6. The lowest BCUT2D eigenvalue weighted by molar-refractivity contribution is 0.0949. The van der Waals surface area contributed by atoms with Gasteiger partial charge in [-0.2, -0.15) is 4.98 Å². The molecule has 2 rings (SSSR count). The number of nitrogens with zero attached hydrogens (tertiary/aromatic N) is 2. The number of amides is 1. The molecule has 0 fully saturated rings. The highest BCUT2D eigenvalue weighted by atomic mass is 16.5. The van der Waals surface area contributed by atoms with Crippen LogP contribution in [0.2, 0.25) is 0 Å². The molecule has 0 saturated heterocycles. The molecule has 0 aliphatic rings. The van der Waals surface area contributed by atoms with Crippen molar-refractivity contribution in [3.8, 4) is 0 Å². The zero-order valence-electron chi connectivity index (χ0n) is 12.6. The van der Waals surface area contributed by atoms with Gasteiger partial charge in [0.2, 0.25) is 5.89 Å². The van der Waals surface area contributed by atoms with Gasteiger partial charge < -0.3 is 15.2 Å². The molecule has 0 saturated carbocycles. The summed E-state index contributed by atoms with van der Waals surface area (Å²) in [6, 6.07) is 5.71. The van der Waals surface area contributed by atoms with E-state index in [9.17, 15) is 4.79 Å². The Labute approximate surface area is 123 Å². The van der Waals surface area contributed by atoms with Crippen LogP contribution in [-0.4, -0.2) is 22.6 Å². The summed E-state index contributed by atoms with van der Waals surface area (Å²) in [7, 11) is 0. The fraction of sp³-hybridized carbons (Fsp3) is 0.400. The van der Waals surface area contributed by atoms with Crippen molar-refractivity contribution in [1.29, 1.82) is 0 Å². The van der Waals surface area contributed by atoms with Crippen LogP contribution in [0.4, 0.5) is 5.69 Å². The highest BCUT2D eigenvalue weighted by Gasteiger charge is 2.10. The van der Waals surface area contributed by atoms with E-state index < -0.39 is 0 Å². The average molecular weight is 288 g/mol. The van der Waals surface area contributed by atoms with E-state index in [-0.39, 0.29) is 12.5 Å². The Morgan fingerprint density at radius 1 is 1.33 bits per heavy atom. The number of hydrogen-bond acceptors (Lipinski definition) is 5. The van der Waals surface area contributed by atoms with E-state index in [2.05, 4.69) is 27.7 Å². The minimum atomic E-state index is -0.142. The Hall–Kier alpha value is -2.37. The fourth-order valence-electron chi connectivity index (χ4n) is 1.97. The molecular formula is C15H20N4O2.